The summed E-state index contributed by atoms with van der Waals surface area (Å²) in [6.07, 6.45) is 4.32. The first-order valence-electron chi connectivity index (χ1n) is 12.5. The Kier molecular flexibility index (Phi) is 8.70. The second-order valence-corrected chi connectivity index (χ2v) is 9.77. The topological polar surface area (TPSA) is 91.0 Å². The van der Waals surface area contributed by atoms with Gasteiger partial charge in [-0.25, -0.2) is 4.79 Å². The van der Waals surface area contributed by atoms with E-state index in [9.17, 15) is 14.4 Å². The molecule has 2 aliphatic heterocycles. The summed E-state index contributed by atoms with van der Waals surface area (Å²) in [5.74, 6) is 0.292. The third-order valence-corrected chi connectivity index (χ3v) is 7.18. The van der Waals surface area contributed by atoms with Crippen molar-refractivity contribution in [3.63, 3.8) is 0 Å². The first kappa shape index (κ1) is 25.8. The number of nitrogens with one attached hydrogen (secondary N) is 2. The van der Waals surface area contributed by atoms with Crippen molar-refractivity contribution in [1.29, 1.82) is 0 Å². The van der Waals surface area contributed by atoms with Gasteiger partial charge in [0.2, 0.25) is 5.91 Å². The van der Waals surface area contributed by atoms with E-state index in [0.29, 0.717) is 61.0 Å². The number of anilines is 1. The van der Waals surface area contributed by atoms with Gasteiger partial charge in [-0.3, -0.25) is 9.59 Å². The molecule has 192 valence electrons. The summed E-state index contributed by atoms with van der Waals surface area (Å²) >= 11 is 6.02. The van der Waals surface area contributed by atoms with Crippen LogP contribution in [0.5, 0.6) is 5.75 Å². The fourth-order valence-corrected chi connectivity index (χ4v) is 5.05. The predicted octanol–water partition coefficient (Wildman–Crippen LogP) is 4.40. The maximum Gasteiger partial charge on any atom is 0.321 e. The maximum absolute atomic E-state index is 13.5. The molecule has 0 saturated carbocycles. The number of halogens is 1. The van der Waals surface area contributed by atoms with Gasteiger partial charge in [0.05, 0.1) is 7.11 Å². The third kappa shape index (κ3) is 6.49. The number of hydrogen-bond donors (Lipinski definition) is 2. The standard InChI is InChI=1S/C27H33ClN4O4/c1-36-23-10-8-20(9-11-23)25(33)30-24(26(34)31-14-3-2-4-15-31)19-12-16-32(17-13-19)27(35)29-22-7-5-6-21(28)18-22/h5-11,18-19,24H,2-4,12-17H2,1H3,(H,29,35)(H,30,33)/t24-/m0/s1. The number of urea groups is 1. The van der Waals surface area contributed by atoms with Crippen molar-refractivity contribution in [2.75, 3.05) is 38.6 Å². The Morgan fingerprint density at radius 3 is 2.28 bits per heavy atom. The number of amides is 4. The Morgan fingerprint density at radius 1 is 0.944 bits per heavy atom. The monoisotopic (exact) mass is 512 g/mol. The van der Waals surface area contributed by atoms with E-state index in [0.717, 1.165) is 19.3 Å². The van der Waals surface area contributed by atoms with Crippen LogP contribution in [0, 0.1) is 5.92 Å². The number of benzene rings is 2. The molecule has 2 N–H and O–H groups in total. The lowest BCUT2D eigenvalue weighted by Gasteiger charge is -2.38. The Hall–Kier alpha value is -3.26. The van der Waals surface area contributed by atoms with Gasteiger partial charge in [0.1, 0.15) is 11.8 Å². The molecule has 1 atom stereocenters. The molecule has 4 amide bonds. The first-order valence-corrected chi connectivity index (χ1v) is 12.9. The van der Waals surface area contributed by atoms with Crippen molar-refractivity contribution in [3.8, 4) is 5.75 Å². The molecular formula is C27H33ClN4O4. The van der Waals surface area contributed by atoms with Crippen molar-refractivity contribution in [2.45, 2.75) is 38.1 Å². The summed E-state index contributed by atoms with van der Waals surface area (Å²) in [6, 6.07) is 13.1. The van der Waals surface area contributed by atoms with Gasteiger partial charge in [-0.15, -0.1) is 0 Å². The Bertz CT molecular complexity index is 1060. The van der Waals surface area contributed by atoms with Crippen LogP contribution in [0.2, 0.25) is 5.02 Å². The van der Waals surface area contributed by atoms with Crippen LogP contribution in [0.3, 0.4) is 0 Å². The fraction of sp³-hybridized carbons (Fsp3) is 0.444. The highest BCUT2D eigenvalue weighted by atomic mass is 35.5. The summed E-state index contributed by atoms with van der Waals surface area (Å²) in [7, 11) is 1.57. The lowest BCUT2D eigenvalue weighted by Crippen LogP contribution is -2.55. The molecule has 0 radical (unpaired) electrons. The molecule has 0 aliphatic carbocycles. The van der Waals surface area contributed by atoms with Crippen molar-refractivity contribution < 1.29 is 19.1 Å². The zero-order chi connectivity index (χ0) is 25.5. The minimum Gasteiger partial charge on any atom is -0.497 e. The molecule has 2 aliphatic rings. The van der Waals surface area contributed by atoms with Gasteiger partial charge in [0.15, 0.2) is 0 Å². The summed E-state index contributed by atoms with van der Waals surface area (Å²) in [5, 5.41) is 6.46. The molecule has 0 bridgehead atoms. The zero-order valence-electron chi connectivity index (χ0n) is 20.5. The number of carbonyl (C=O) groups is 3. The van der Waals surface area contributed by atoms with Crippen molar-refractivity contribution >= 4 is 35.1 Å². The van der Waals surface area contributed by atoms with E-state index in [1.54, 1.807) is 60.5 Å². The average Bonchev–Trinajstić information content (AvgIpc) is 2.92. The van der Waals surface area contributed by atoms with Gasteiger partial charge in [-0.2, -0.15) is 0 Å². The number of piperidine rings is 2. The highest BCUT2D eigenvalue weighted by Gasteiger charge is 2.36. The second-order valence-electron chi connectivity index (χ2n) is 9.33. The molecule has 4 rings (SSSR count). The normalized spacial score (nSPS) is 17.3. The molecule has 2 saturated heterocycles. The molecule has 2 fully saturated rings. The lowest BCUT2D eigenvalue weighted by molar-refractivity contribution is -0.136. The molecule has 0 spiro atoms. The SMILES string of the molecule is COc1ccc(C(=O)N[C@H](C(=O)N2CCCCC2)C2CCN(C(=O)Nc3cccc(Cl)c3)CC2)cc1. The lowest BCUT2D eigenvalue weighted by atomic mass is 9.88. The van der Waals surface area contributed by atoms with Crippen LogP contribution in [0.25, 0.3) is 0 Å². The van der Waals surface area contributed by atoms with Gasteiger partial charge in [-0.05, 0) is 80.5 Å². The molecular weight excluding hydrogens is 480 g/mol. The Labute approximate surface area is 216 Å². The highest BCUT2D eigenvalue weighted by Crippen LogP contribution is 2.25. The quantitative estimate of drug-likeness (QED) is 0.600. The summed E-state index contributed by atoms with van der Waals surface area (Å²) < 4.78 is 5.18. The van der Waals surface area contributed by atoms with E-state index in [1.807, 2.05) is 4.90 Å². The minimum atomic E-state index is -0.629. The van der Waals surface area contributed by atoms with Crippen molar-refractivity contribution in [1.82, 2.24) is 15.1 Å². The third-order valence-electron chi connectivity index (χ3n) is 6.95. The molecule has 2 heterocycles. The molecule has 9 heteroatoms. The van der Waals surface area contributed by atoms with E-state index >= 15 is 0 Å². The van der Waals surface area contributed by atoms with Gasteiger partial charge in [0.25, 0.3) is 5.91 Å². The minimum absolute atomic E-state index is 0.0293. The number of ether oxygens (including phenoxy) is 1. The highest BCUT2D eigenvalue weighted by molar-refractivity contribution is 6.30. The van der Waals surface area contributed by atoms with Crippen LogP contribution in [0.4, 0.5) is 10.5 Å². The predicted molar refractivity (Wildman–Crippen MR) is 139 cm³/mol. The van der Waals surface area contributed by atoms with Crippen LogP contribution < -0.4 is 15.4 Å². The van der Waals surface area contributed by atoms with E-state index in [4.69, 9.17) is 16.3 Å². The number of methoxy groups -OCH3 is 1. The molecule has 8 nitrogen and oxygen atoms in total. The average molecular weight is 513 g/mol. The van der Waals surface area contributed by atoms with E-state index in [-0.39, 0.29) is 23.8 Å². The zero-order valence-corrected chi connectivity index (χ0v) is 21.3. The summed E-state index contributed by atoms with van der Waals surface area (Å²) in [6.45, 7) is 2.43. The molecule has 2 aromatic carbocycles. The number of carbonyl (C=O) groups excluding carboxylic acids is 3. The van der Waals surface area contributed by atoms with Crippen molar-refractivity contribution in [2.24, 2.45) is 5.92 Å². The van der Waals surface area contributed by atoms with Crippen LogP contribution in [-0.2, 0) is 4.79 Å². The van der Waals surface area contributed by atoms with E-state index < -0.39 is 6.04 Å². The van der Waals surface area contributed by atoms with E-state index in [2.05, 4.69) is 10.6 Å². The largest absolute Gasteiger partial charge is 0.497 e. The number of hydrogen-bond acceptors (Lipinski definition) is 4. The molecule has 0 aromatic heterocycles. The van der Waals surface area contributed by atoms with Gasteiger partial charge in [0, 0.05) is 42.5 Å². The summed E-state index contributed by atoms with van der Waals surface area (Å²) in [5.41, 5.74) is 1.12. The number of likely N-dealkylation sites (tertiary alicyclic amines) is 2. The Morgan fingerprint density at radius 2 is 1.64 bits per heavy atom. The Balaban J connectivity index is 1.42. The summed E-state index contributed by atoms with van der Waals surface area (Å²) in [4.78, 5) is 43.0. The van der Waals surface area contributed by atoms with Crippen LogP contribution in [0.1, 0.15) is 42.5 Å². The number of rotatable bonds is 6. The first-order chi connectivity index (χ1) is 17.4. The maximum atomic E-state index is 13.5. The van der Waals surface area contributed by atoms with Crippen LogP contribution in [-0.4, -0.2) is 67.0 Å². The fourth-order valence-electron chi connectivity index (χ4n) is 4.86. The second kappa shape index (κ2) is 12.1. The number of nitrogens with zero attached hydrogens (tertiary/aromatic N) is 2. The van der Waals surface area contributed by atoms with Gasteiger partial charge >= 0.3 is 6.03 Å². The van der Waals surface area contributed by atoms with E-state index in [1.165, 1.54) is 0 Å². The van der Waals surface area contributed by atoms with Gasteiger partial charge in [-0.1, -0.05) is 17.7 Å². The molecule has 36 heavy (non-hydrogen) atoms. The smallest absolute Gasteiger partial charge is 0.321 e. The van der Waals surface area contributed by atoms with Crippen molar-refractivity contribution in [3.05, 3.63) is 59.1 Å². The van der Waals surface area contributed by atoms with Gasteiger partial charge < -0.3 is 25.2 Å². The van der Waals surface area contributed by atoms with Crippen LogP contribution >= 0.6 is 11.6 Å². The van der Waals surface area contributed by atoms with Crippen LogP contribution in [0.15, 0.2) is 48.5 Å². The molecule has 0 unspecified atom stereocenters. The molecule has 2 aromatic rings.